The number of fused-ring (bicyclic) bond motifs is 2. The third-order valence-corrected chi connectivity index (χ3v) is 7.38. The van der Waals surface area contributed by atoms with Crippen LogP contribution in [0, 0.1) is 22.7 Å². The average molecular weight is 418 g/mol. The summed E-state index contributed by atoms with van der Waals surface area (Å²) >= 11 is 0. The van der Waals surface area contributed by atoms with E-state index in [2.05, 4.69) is 79.4 Å². The normalized spacial score (nSPS) is 21.1. The van der Waals surface area contributed by atoms with Gasteiger partial charge in [-0.1, -0.05) is 63.1 Å². The zero-order valence-corrected chi connectivity index (χ0v) is 18.7. The van der Waals surface area contributed by atoms with E-state index in [1.165, 1.54) is 35.3 Å². The number of nitriles is 2. The standard InChI is InChI=1S/C29H27N3/c1-29(2)24-10-4-7-13-27(24)32(28-14-8-5-11-25(28)29)26-12-6-3-9-23(26)22-16-20(18-30)15-21(17-22)19-31/h4-5,7-8,10-11,13-17,23,26H,3,6,9,12H2,1-2H3. The molecule has 3 aromatic rings. The fourth-order valence-electron chi connectivity index (χ4n) is 5.86. The molecular formula is C29H27N3. The Morgan fingerprint density at radius 1 is 0.781 bits per heavy atom. The molecule has 3 aromatic carbocycles. The van der Waals surface area contributed by atoms with Gasteiger partial charge in [-0.2, -0.15) is 10.5 Å². The third kappa shape index (κ3) is 3.17. The van der Waals surface area contributed by atoms with Gasteiger partial charge in [0.25, 0.3) is 0 Å². The van der Waals surface area contributed by atoms with Crippen LogP contribution >= 0.6 is 0 Å². The minimum absolute atomic E-state index is 0.0669. The van der Waals surface area contributed by atoms with Gasteiger partial charge in [0.2, 0.25) is 0 Å². The molecule has 3 heteroatoms. The third-order valence-electron chi connectivity index (χ3n) is 7.38. The Morgan fingerprint density at radius 3 is 1.88 bits per heavy atom. The number of nitrogens with zero attached hydrogens (tertiary/aromatic N) is 3. The van der Waals surface area contributed by atoms with Crippen LogP contribution in [0.1, 0.15) is 73.3 Å². The van der Waals surface area contributed by atoms with Crippen molar-refractivity contribution in [1.29, 1.82) is 10.5 Å². The fraction of sp³-hybridized carbons (Fsp3) is 0.310. The van der Waals surface area contributed by atoms with E-state index >= 15 is 0 Å². The molecule has 2 atom stereocenters. The summed E-state index contributed by atoms with van der Waals surface area (Å²) in [7, 11) is 0. The predicted octanol–water partition coefficient (Wildman–Crippen LogP) is 6.93. The summed E-state index contributed by atoms with van der Waals surface area (Å²) < 4.78 is 0. The molecule has 1 aliphatic heterocycles. The van der Waals surface area contributed by atoms with Gasteiger partial charge in [-0.15, -0.1) is 0 Å². The van der Waals surface area contributed by atoms with E-state index in [1.54, 1.807) is 6.07 Å². The summed E-state index contributed by atoms with van der Waals surface area (Å²) in [5.41, 5.74) is 7.47. The van der Waals surface area contributed by atoms with Gasteiger partial charge in [0.1, 0.15) is 0 Å². The molecule has 3 nitrogen and oxygen atoms in total. The highest BCUT2D eigenvalue weighted by atomic mass is 15.2. The maximum Gasteiger partial charge on any atom is 0.0992 e. The van der Waals surface area contributed by atoms with E-state index in [0.29, 0.717) is 11.1 Å². The maximum absolute atomic E-state index is 9.54. The van der Waals surface area contributed by atoms with Crippen LogP contribution in [0.3, 0.4) is 0 Å². The second-order valence-electron chi connectivity index (χ2n) is 9.55. The first-order chi connectivity index (χ1) is 15.5. The molecule has 0 saturated heterocycles. The van der Waals surface area contributed by atoms with Gasteiger partial charge in [-0.25, -0.2) is 0 Å². The molecule has 5 rings (SSSR count). The Bertz CT molecular complexity index is 1180. The molecule has 0 radical (unpaired) electrons. The van der Waals surface area contributed by atoms with Gasteiger partial charge in [0.15, 0.2) is 0 Å². The molecule has 32 heavy (non-hydrogen) atoms. The van der Waals surface area contributed by atoms with E-state index in [1.807, 2.05) is 12.1 Å². The van der Waals surface area contributed by atoms with Crippen molar-refractivity contribution in [2.75, 3.05) is 4.90 Å². The van der Waals surface area contributed by atoms with Gasteiger partial charge in [-0.05, 0) is 59.9 Å². The number of hydrogen-bond donors (Lipinski definition) is 0. The van der Waals surface area contributed by atoms with Crippen LogP contribution in [-0.4, -0.2) is 6.04 Å². The summed E-state index contributed by atoms with van der Waals surface area (Å²) in [5.74, 6) is 0.270. The topological polar surface area (TPSA) is 50.8 Å². The largest absolute Gasteiger partial charge is 0.337 e. The zero-order valence-electron chi connectivity index (χ0n) is 18.7. The fourth-order valence-corrected chi connectivity index (χ4v) is 5.86. The van der Waals surface area contributed by atoms with Gasteiger partial charge in [0.05, 0.1) is 23.3 Å². The SMILES string of the molecule is CC1(C)c2ccccc2N(C2CCCCC2c2cc(C#N)cc(C#N)c2)c2ccccc21. The van der Waals surface area contributed by atoms with Crippen LogP contribution in [0.15, 0.2) is 66.7 Å². The lowest BCUT2D eigenvalue weighted by Crippen LogP contribution is -2.43. The van der Waals surface area contributed by atoms with Gasteiger partial charge in [-0.3, -0.25) is 0 Å². The molecule has 0 amide bonds. The number of benzene rings is 3. The predicted molar refractivity (Wildman–Crippen MR) is 128 cm³/mol. The lowest BCUT2D eigenvalue weighted by Gasteiger charge is -2.48. The minimum Gasteiger partial charge on any atom is -0.337 e. The van der Waals surface area contributed by atoms with Crippen molar-refractivity contribution < 1.29 is 0 Å². The zero-order chi connectivity index (χ0) is 22.3. The molecule has 0 aromatic heterocycles. The highest BCUT2D eigenvalue weighted by molar-refractivity contribution is 5.78. The number of rotatable bonds is 2. The maximum atomic E-state index is 9.54. The Kier molecular flexibility index (Phi) is 4.99. The highest BCUT2D eigenvalue weighted by Crippen LogP contribution is 2.52. The highest BCUT2D eigenvalue weighted by Gasteiger charge is 2.41. The quantitative estimate of drug-likeness (QED) is 0.454. The minimum atomic E-state index is -0.0669. The van der Waals surface area contributed by atoms with Crippen molar-refractivity contribution in [3.8, 4) is 12.1 Å². The number of para-hydroxylation sites is 2. The Morgan fingerprint density at radius 2 is 1.31 bits per heavy atom. The van der Waals surface area contributed by atoms with Crippen LogP contribution in [0.5, 0.6) is 0 Å². The van der Waals surface area contributed by atoms with Crippen LogP contribution in [0.2, 0.25) is 0 Å². The van der Waals surface area contributed by atoms with Crippen molar-refractivity contribution in [3.63, 3.8) is 0 Å². The van der Waals surface area contributed by atoms with Crippen molar-refractivity contribution in [3.05, 3.63) is 94.5 Å². The van der Waals surface area contributed by atoms with Crippen molar-refractivity contribution in [2.45, 2.75) is 56.9 Å². The molecule has 2 unspecified atom stereocenters. The second-order valence-corrected chi connectivity index (χ2v) is 9.55. The first-order valence-corrected chi connectivity index (χ1v) is 11.5. The van der Waals surface area contributed by atoms with Crippen LogP contribution < -0.4 is 4.90 Å². The summed E-state index contributed by atoms with van der Waals surface area (Å²) in [6, 6.07) is 28.1. The van der Waals surface area contributed by atoms with Crippen LogP contribution in [0.25, 0.3) is 0 Å². The van der Waals surface area contributed by atoms with Crippen molar-refractivity contribution in [1.82, 2.24) is 0 Å². The summed E-state index contributed by atoms with van der Waals surface area (Å²) in [5, 5.41) is 19.1. The van der Waals surface area contributed by atoms with Crippen LogP contribution in [0.4, 0.5) is 11.4 Å². The van der Waals surface area contributed by atoms with Gasteiger partial charge >= 0.3 is 0 Å². The van der Waals surface area contributed by atoms with Gasteiger partial charge < -0.3 is 4.90 Å². The van der Waals surface area contributed by atoms with E-state index in [9.17, 15) is 10.5 Å². The lowest BCUT2D eigenvalue weighted by molar-refractivity contribution is 0.377. The molecule has 1 heterocycles. The monoisotopic (exact) mass is 417 g/mol. The first kappa shape index (κ1) is 20.3. The van der Waals surface area contributed by atoms with E-state index < -0.39 is 0 Å². The Labute approximate surface area is 190 Å². The van der Waals surface area contributed by atoms with Gasteiger partial charge in [0, 0.05) is 28.7 Å². The summed E-state index contributed by atoms with van der Waals surface area (Å²) in [4.78, 5) is 2.56. The molecule has 1 fully saturated rings. The van der Waals surface area contributed by atoms with Crippen LogP contribution in [-0.2, 0) is 5.41 Å². The summed E-state index contributed by atoms with van der Waals surface area (Å²) in [6.45, 7) is 4.63. The Hall–Kier alpha value is -3.56. The lowest BCUT2D eigenvalue weighted by atomic mass is 9.71. The van der Waals surface area contributed by atoms with E-state index in [0.717, 1.165) is 18.4 Å². The molecule has 0 bridgehead atoms. The molecule has 0 N–H and O–H groups in total. The molecule has 1 aliphatic carbocycles. The average Bonchev–Trinajstić information content (AvgIpc) is 2.84. The smallest absolute Gasteiger partial charge is 0.0992 e. The molecule has 1 saturated carbocycles. The molecular weight excluding hydrogens is 390 g/mol. The van der Waals surface area contributed by atoms with Crippen molar-refractivity contribution >= 4 is 11.4 Å². The molecule has 2 aliphatic rings. The summed E-state index contributed by atoms with van der Waals surface area (Å²) in [6.07, 6.45) is 4.51. The first-order valence-electron chi connectivity index (χ1n) is 11.5. The molecule has 0 spiro atoms. The Balaban J connectivity index is 1.69. The second kappa shape index (κ2) is 7.85. The molecule has 158 valence electrons. The number of hydrogen-bond acceptors (Lipinski definition) is 3. The van der Waals surface area contributed by atoms with Crippen molar-refractivity contribution in [2.24, 2.45) is 0 Å². The van der Waals surface area contributed by atoms with E-state index in [4.69, 9.17) is 0 Å². The number of anilines is 2. The van der Waals surface area contributed by atoms with E-state index in [-0.39, 0.29) is 17.4 Å².